The zero-order chi connectivity index (χ0) is 24.0. The van der Waals surface area contributed by atoms with Gasteiger partial charge in [-0.1, -0.05) is 50.6 Å². The summed E-state index contributed by atoms with van der Waals surface area (Å²) in [6.07, 6.45) is 1.22. The van der Waals surface area contributed by atoms with Gasteiger partial charge in [-0.3, -0.25) is 9.78 Å². The van der Waals surface area contributed by atoms with Gasteiger partial charge in [0.2, 0.25) is 0 Å². The predicted octanol–water partition coefficient (Wildman–Crippen LogP) is 5.92. The highest BCUT2D eigenvalue weighted by molar-refractivity contribution is 5.73. The first kappa shape index (κ1) is 24.5. The lowest BCUT2D eigenvalue weighted by Crippen LogP contribution is -2.14. The molecule has 5 heteroatoms. The van der Waals surface area contributed by atoms with Crippen LogP contribution in [0.4, 0.5) is 0 Å². The third kappa shape index (κ3) is 6.20. The van der Waals surface area contributed by atoms with Crippen molar-refractivity contribution in [2.24, 2.45) is 11.7 Å². The zero-order valence-electron chi connectivity index (χ0n) is 20.3. The van der Waals surface area contributed by atoms with Crippen molar-refractivity contribution in [1.29, 1.82) is 0 Å². The Morgan fingerprint density at radius 1 is 0.970 bits per heavy atom. The first-order valence-electron chi connectivity index (χ1n) is 11.5. The number of ether oxygens (including phenoxy) is 2. The lowest BCUT2D eigenvalue weighted by molar-refractivity contribution is -0.134. The van der Waals surface area contributed by atoms with Gasteiger partial charge in [0.25, 0.3) is 0 Å². The van der Waals surface area contributed by atoms with Gasteiger partial charge < -0.3 is 15.2 Å². The Bertz CT molecular complexity index is 1090. The van der Waals surface area contributed by atoms with Crippen molar-refractivity contribution < 1.29 is 14.3 Å². The van der Waals surface area contributed by atoms with Crippen molar-refractivity contribution in [2.75, 3.05) is 0 Å². The molecule has 0 aliphatic heterocycles. The fraction of sp³-hybridized carbons (Fsp3) is 0.357. The van der Waals surface area contributed by atoms with E-state index in [0.29, 0.717) is 37.0 Å². The van der Waals surface area contributed by atoms with E-state index >= 15 is 0 Å². The van der Waals surface area contributed by atoms with Gasteiger partial charge in [0, 0.05) is 29.9 Å². The molecule has 0 radical (unpaired) electrons. The molecule has 0 unspecified atom stereocenters. The maximum atomic E-state index is 11.5. The van der Waals surface area contributed by atoms with Gasteiger partial charge in [-0.25, -0.2) is 0 Å². The van der Waals surface area contributed by atoms with E-state index in [1.54, 1.807) is 19.1 Å². The fourth-order valence-corrected chi connectivity index (χ4v) is 3.83. The van der Waals surface area contributed by atoms with Crippen molar-refractivity contribution in [2.45, 2.75) is 60.6 Å². The Morgan fingerprint density at radius 3 is 2.18 bits per heavy atom. The van der Waals surface area contributed by atoms with Crippen LogP contribution in [0.1, 0.15) is 55.3 Å². The third-order valence-corrected chi connectivity index (χ3v) is 5.56. The molecule has 1 aromatic heterocycles. The van der Waals surface area contributed by atoms with Gasteiger partial charge in [-0.15, -0.1) is 0 Å². The second-order valence-corrected chi connectivity index (χ2v) is 8.73. The number of nitrogens with zero attached hydrogens (tertiary/aromatic N) is 1. The molecule has 0 saturated heterocycles. The standard InChI is InChI=1S/C28H34N2O3/c1-6-27(31)33-23-13-11-22(12-14-23)32-17-25-20(5)30-26(15-18(2)3)24(16-29)28(25)21-9-7-19(4)8-10-21/h7-14,18H,6,15-17,29H2,1-5H3. The summed E-state index contributed by atoms with van der Waals surface area (Å²) in [5.74, 6) is 1.43. The summed E-state index contributed by atoms with van der Waals surface area (Å²) in [4.78, 5) is 16.4. The Morgan fingerprint density at radius 2 is 1.61 bits per heavy atom. The molecule has 174 valence electrons. The summed E-state index contributed by atoms with van der Waals surface area (Å²) >= 11 is 0. The number of pyridine rings is 1. The topological polar surface area (TPSA) is 74.4 Å². The molecule has 3 rings (SSSR count). The second-order valence-electron chi connectivity index (χ2n) is 8.73. The lowest BCUT2D eigenvalue weighted by Gasteiger charge is -2.21. The van der Waals surface area contributed by atoms with Crippen LogP contribution in [-0.2, 0) is 24.4 Å². The molecule has 33 heavy (non-hydrogen) atoms. The van der Waals surface area contributed by atoms with Crippen LogP contribution in [0.15, 0.2) is 48.5 Å². The molecule has 0 atom stereocenters. The van der Waals surface area contributed by atoms with Gasteiger partial charge in [0.15, 0.2) is 0 Å². The minimum atomic E-state index is -0.260. The van der Waals surface area contributed by atoms with E-state index in [1.165, 1.54) is 5.56 Å². The molecule has 3 aromatic rings. The molecule has 0 bridgehead atoms. The number of hydrogen-bond acceptors (Lipinski definition) is 5. The summed E-state index contributed by atoms with van der Waals surface area (Å²) in [7, 11) is 0. The number of esters is 1. The number of aryl methyl sites for hydroxylation is 2. The number of nitrogens with two attached hydrogens (primary N) is 1. The van der Waals surface area contributed by atoms with E-state index in [1.807, 2.05) is 19.1 Å². The number of carbonyl (C=O) groups excluding carboxylic acids is 1. The van der Waals surface area contributed by atoms with Gasteiger partial charge in [-0.2, -0.15) is 0 Å². The van der Waals surface area contributed by atoms with E-state index in [-0.39, 0.29) is 5.97 Å². The fourth-order valence-electron chi connectivity index (χ4n) is 3.83. The highest BCUT2D eigenvalue weighted by atomic mass is 16.5. The van der Waals surface area contributed by atoms with Crippen LogP contribution < -0.4 is 15.2 Å². The first-order chi connectivity index (χ1) is 15.8. The summed E-state index contributed by atoms with van der Waals surface area (Å²) in [6, 6.07) is 15.6. The van der Waals surface area contributed by atoms with Crippen molar-refractivity contribution in [1.82, 2.24) is 4.98 Å². The summed E-state index contributed by atoms with van der Waals surface area (Å²) in [5, 5.41) is 0. The Hall–Kier alpha value is -3.18. The van der Waals surface area contributed by atoms with E-state index in [9.17, 15) is 4.79 Å². The zero-order valence-corrected chi connectivity index (χ0v) is 20.3. The highest BCUT2D eigenvalue weighted by Gasteiger charge is 2.19. The van der Waals surface area contributed by atoms with Crippen LogP contribution in [0.3, 0.4) is 0 Å². The van der Waals surface area contributed by atoms with Crippen LogP contribution in [0.2, 0.25) is 0 Å². The maximum absolute atomic E-state index is 11.5. The first-order valence-corrected chi connectivity index (χ1v) is 11.5. The molecular weight excluding hydrogens is 412 g/mol. The summed E-state index contributed by atoms with van der Waals surface area (Å²) < 4.78 is 11.4. The summed E-state index contributed by atoms with van der Waals surface area (Å²) in [6.45, 7) is 11.1. The normalized spacial score (nSPS) is 11.0. The molecule has 0 aliphatic carbocycles. The predicted molar refractivity (Wildman–Crippen MR) is 132 cm³/mol. The molecule has 0 saturated carbocycles. The molecule has 2 aromatic carbocycles. The maximum Gasteiger partial charge on any atom is 0.310 e. The van der Waals surface area contributed by atoms with Crippen LogP contribution in [0.5, 0.6) is 11.5 Å². The van der Waals surface area contributed by atoms with E-state index in [4.69, 9.17) is 20.2 Å². The van der Waals surface area contributed by atoms with Crippen LogP contribution >= 0.6 is 0 Å². The second kappa shape index (κ2) is 11.1. The van der Waals surface area contributed by atoms with Gasteiger partial charge >= 0.3 is 5.97 Å². The average Bonchev–Trinajstić information content (AvgIpc) is 2.79. The number of hydrogen-bond donors (Lipinski definition) is 1. The Kier molecular flexibility index (Phi) is 8.23. The number of carbonyl (C=O) groups is 1. The molecule has 0 spiro atoms. The van der Waals surface area contributed by atoms with Crippen molar-refractivity contribution in [3.8, 4) is 22.6 Å². The Labute approximate surface area is 197 Å². The smallest absolute Gasteiger partial charge is 0.310 e. The molecule has 5 nitrogen and oxygen atoms in total. The lowest BCUT2D eigenvalue weighted by atomic mass is 9.90. The van der Waals surface area contributed by atoms with Gasteiger partial charge in [-0.05, 0) is 67.1 Å². The number of benzene rings is 2. The number of aromatic nitrogens is 1. The minimum absolute atomic E-state index is 0.260. The summed E-state index contributed by atoms with van der Waals surface area (Å²) in [5.41, 5.74) is 13.8. The van der Waals surface area contributed by atoms with E-state index in [0.717, 1.165) is 40.1 Å². The molecular formula is C28H34N2O3. The van der Waals surface area contributed by atoms with Crippen molar-refractivity contribution >= 4 is 5.97 Å². The SMILES string of the molecule is CCC(=O)Oc1ccc(OCc2c(C)nc(CC(C)C)c(CN)c2-c2ccc(C)cc2)cc1. The van der Waals surface area contributed by atoms with Crippen molar-refractivity contribution in [3.63, 3.8) is 0 Å². The largest absolute Gasteiger partial charge is 0.489 e. The highest BCUT2D eigenvalue weighted by Crippen LogP contribution is 2.33. The average molecular weight is 447 g/mol. The quantitative estimate of drug-likeness (QED) is 0.326. The Balaban J connectivity index is 1.96. The molecule has 2 N–H and O–H groups in total. The van der Waals surface area contributed by atoms with Crippen LogP contribution in [0, 0.1) is 19.8 Å². The van der Waals surface area contributed by atoms with Crippen molar-refractivity contribution in [3.05, 3.63) is 76.6 Å². The molecule has 0 aliphatic rings. The monoisotopic (exact) mass is 446 g/mol. The number of rotatable bonds is 9. The molecule has 1 heterocycles. The minimum Gasteiger partial charge on any atom is -0.489 e. The molecule has 0 amide bonds. The third-order valence-electron chi connectivity index (χ3n) is 5.56. The van der Waals surface area contributed by atoms with E-state index < -0.39 is 0 Å². The van der Waals surface area contributed by atoms with Crippen LogP contribution in [-0.4, -0.2) is 11.0 Å². The molecule has 0 fully saturated rings. The van der Waals surface area contributed by atoms with Gasteiger partial charge in [0.05, 0.1) is 0 Å². The van der Waals surface area contributed by atoms with E-state index in [2.05, 4.69) is 45.0 Å². The van der Waals surface area contributed by atoms with Gasteiger partial charge in [0.1, 0.15) is 18.1 Å². The van der Waals surface area contributed by atoms with Crippen LogP contribution in [0.25, 0.3) is 11.1 Å².